The average molecular weight is 426 g/mol. The van der Waals surface area contributed by atoms with E-state index < -0.39 is 39.8 Å². The van der Waals surface area contributed by atoms with Crippen molar-refractivity contribution in [1.82, 2.24) is 5.32 Å². The highest BCUT2D eigenvalue weighted by Gasteiger charge is 2.25. The molecule has 0 aliphatic rings. The van der Waals surface area contributed by atoms with Crippen LogP contribution in [0.4, 0.5) is 14.5 Å². The molecule has 9 heteroatoms. The Labute approximate surface area is 169 Å². The van der Waals surface area contributed by atoms with E-state index in [1.165, 1.54) is 0 Å². The number of halogens is 2. The van der Waals surface area contributed by atoms with Crippen LogP contribution in [0.15, 0.2) is 36.4 Å². The SMILES string of the molecule is CC[C@H](NC(=O)CN(c1ccc(F)cc1F)S(C)(=O)=O)c1ccc(OC)c(C)c1. The third-order valence-electron chi connectivity index (χ3n) is 4.43. The Balaban J connectivity index is 2.24. The summed E-state index contributed by atoms with van der Waals surface area (Å²) in [5.41, 5.74) is 1.33. The molecule has 1 atom stereocenters. The number of aryl methyl sites for hydroxylation is 1. The van der Waals surface area contributed by atoms with Crippen molar-refractivity contribution in [1.29, 1.82) is 0 Å². The van der Waals surface area contributed by atoms with Gasteiger partial charge in [-0.2, -0.15) is 0 Å². The first-order chi connectivity index (χ1) is 13.6. The molecule has 158 valence electrons. The van der Waals surface area contributed by atoms with Gasteiger partial charge in [0.1, 0.15) is 23.9 Å². The minimum Gasteiger partial charge on any atom is -0.496 e. The van der Waals surface area contributed by atoms with Gasteiger partial charge < -0.3 is 10.1 Å². The first kappa shape index (κ1) is 22.6. The first-order valence-corrected chi connectivity index (χ1v) is 10.8. The van der Waals surface area contributed by atoms with Crippen molar-refractivity contribution in [3.05, 3.63) is 59.2 Å². The predicted molar refractivity (Wildman–Crippen MR) is 107 cm³/mol. The van der Waals surface area contributed by atoms with Crippen molar-refractivity contribution in [2.24, 2.45) is 0 Å². The van der Waals surface area contributed by atoms with Crippen molar-refractivity contribution in [2.75, 3.05) is 24.2 Å². The Hall–Kier alpha value is -2.68. The predicted octanol–water partition coefficient (Wildman–Crippen LogP) is 3.32. The number of ether oxygens (including phenoxy) is 1. The zero-order chi connectivity index (χ0) is 21.8. The Kier molecular flexibility index (Phi) is 7.18. The molecule has 0 aromatic heterocycles. The highest BCUT2D eigenvalue weighted by molar-refractivity contribution is 7.92. The molecule has 0 unspecified atom stereocenters. The van der Waals surface area contributed by atoms with Crippen molar-refractivity contribution in [2.45, 2.75) is 26.3 Å². The van der Waals surface area contributed by atoms with E-state index in [2.05, 4.69) is 5.32 Å². The van der Waals surface area contributed by atoms with Crippen molar-refractivity contribution in [3.8, 4) is 5.75 Å². The molecule has 0 saturated heterocycles. The molecule has 2 aromatic carbocycles. The molecule has 2 aromatic rings. The van der Waals surface area contributed by atoms with E-state index in [1.807, 2.05) is 26.0 Å². The summed E-state index contributed by atoms with van der Waals surface area (Å²) in [6.07, 6.45) is 1.41. The quantitative estimate of drug-likeness (QED) is 0.703. The van der Waals surface area contributed by atoms with E-state index in [4.69, 9.17) is 4.74 Å². The monoisotopic (exact) mass is 426 g/mol. The summed E-state index contributed by atoms with van der Waals surface area (Å²) in [4.78, 5) is 12.6. The molecule has 0 heterocycles. The lowest BCUT2D eigenvalue weighted by Crippen LogP contribution is -2.42. The fraction of sp³-hybridized carbons (Fsp3) is 0.350. The van der Waals surface area contributed by atoms with Crippen LogP contribution < -0.4 is 14.4 Å². The molecule has 2 rings (SSSR count). The fourth-order valence-electron chi connectivity index (χ4n) is 2.97. The Morgan fingerprint density at radius 3 is 2.41 bits per heavy atom. The van der Waals surface area contributed by atoms with E-state index in [-0.39, 0.29) is 6.04 Å². The lowest BCUT2D eigenvalue weighted by Gasteiger charge is -2.24. The number of carbonyl (C=O) groups is 1. The van der Waals surface area contributed by atoms with Crippen LogP contribution in [0.25, 0.3) is 0 Å². The average Bonchev–Trinajstić information content (AvgIpc) is 2.64. The molecular weight excluding hydrogens is 402 g/mol. The molecule has 0 spiro atoms. The van der Waals surface area contributed by atoms with Crippen LogP contribution in [0.5, 0.6) is 5.75 Å². The second kappa shape index (κ2) is 9.21. The van der Waals surface area contributed by atoms with Gasteiger partial charge in [0.15, 0.2) is 0 Å². The van der Waals surface area contributed by atoms with Crippen LogP contribution in [0.3, 0.4) is 0 Å². The van der Waals surface area contributed by atoms with E-state index in [9.17, 15) is 22.0 Å². The lowest BCUT2D eigenvalue weighted by atomic mass is 10.0. The van der Waals surface area contributed by atoms with E-state index in [0.717, 1.165) is 29.5 Å². The third-order valence-corrected chi connectivity index (χ3v) is 5.56. The molecule has 0 radical (unpaired) electrons. The highest BCUT2D eigenvalue weighted by Crippen LogP contribution is 2.25. The zero-order valence-electron chi connectivity index (χ0n) is 16.7. The van der Waals surface area contributed by atoms with Crippen LogP contribution in [-0.4, -0.2) is 34.2 Å². The fourth-order valence-corrected chi connectivity index (χ4v) is 3.83. The van der Waals surface area contributed by atoms with Gasteiger partial charge in [0.05, 0.1) is 25.1 Å². The summed E-state index contributed by atoms with van der Waals surface area (Å²) < 4.78 is 57.3. The van der Waals surface area contributed by atoms with Gasteiger partial charge in [-0.3, -0.25) is 9.10 Å². The molecule has 0 fully saturated rings. The topological polar surface area (TPSA) is 75.7 Å². The van der Waals surface area contributed by atoms with Crippen molar-refractivity contribution >= 4 is 21.6 Å². The standard InChI is InChI=1S/C20H24F2N2O4S/c1-5-17(14-6-9-19(28-3)13(2)10-14)23-20(25)12-24(29(4,26)27)18-8-7-15(21)11-16(18)22/h6-11,17H,5,12H2,1-4H3,(H,23,25)/t17-/m0/s1. The van der Waals surface area contributed by atoms with Gasteiger partial charge in [0.2, 0.25) is 15.9 Å². The van der Waals surface area contributed by atoms with Crippen LogP contribution in [0.2, 0.25) is 0 Å². The van der Waals surface area contributed by atoms with Gasteiger partial charge in [-0.25, -0.2) is 17.2 Å². The number of sulfonamides is 1. The van der Waals surface area contributed by atoms with Gasteiger partial charge in [0, 0.05) is 6.07 Å². The molecule has 0 saturated carbocycles. The molecule has 0 aliphatic heterocycles. The van der Waals surface area contributed by atoms with Gasteiger partial charge in [0.25, 0.3) is 0 Å². The van der Waals surface area contributed by atoms with E-state index in [0.29, 0.717) is 22.5 Å². The zero-order valence-corrected chi connectivity index (χ0v) is 17.5. The van der Waals surface area contributed by atoms with Gasteiger partial charge in [-0.1, -0.05) is 19.1 Å². The number of nitrogens with one attached hydrogen (secondary N) is 1. The third kappa shape index (κ3) is 5.66. The second-order valence-corrected chi connectivity index (χ2v) is 8.53. The normalized spacial score (nSPS) is 12.3. The summed E-state index contributed by atoms with van der Waals surface area (Å²) in [6.45, 7) is 3.12. The maximum Gasteiger partial charge on any atom is 0.241 e. The van der Waals surface area contributed by atoms with Gasteiger partial charge in [-0.15, -0.1) is 0 Å². The number of rotatable bonds is 8. The maximum absolute atomic E-state index is 14.1. The number of methoxy groups -OCH3 is 1. The highest BCUT2D eigenvalue weighted by atomic mass is 32.2. The largest absolute Gasteiger partial charge is 0.496 e. The van der Waals surface area contributed by atoms with E-state index in [1.54, 1.807) is 13.2 Å². The summed E-state index contributed by atoms with van der Waals surface area (Å²) in [5.74, 6) is -1.81. The molecule has 0 aliphatic carbocycles. The number of nitrogens with zero attached hydrogens (tertiary/aromatic N) is 1. The van der Waals surface area contributed by atoms with Crippen molar-refractivity contribution < 1.29 is 26.7 Å². The van der Waals surface area contributed by atoms with Gasteiger partial charge in [-0.05, 0) is 42.7 Å². The van der Waals surface area contributed by atoms with Crippen molar-refractivity contribution in [3.63, 3.8) is 0 Å². The Morgan fingerprint density at radius 2 is 1.90 bits per heavy atom. The van der Waals surface area contributed by atoms with Crippen LogP contribution in [0, 0.1) is 18.6 Å². The van der Waals surface area contributed by atoms with E-state index >= 15 is 0 Å². The summed E-state index contributed by atoms with van der Waals surface area (Å²) in [6, 6.07) is 7.60. The summed E-state index contributed by atoms with van der Waals surface area (Å²) in [7, 11) is -2.41. The number of anilines is 1. The number of carbonyl (C=O) groups excluding carboxylic acids is 1. The summed E-state index contributed by atoms with van der Waals surface area (Å²) >= 11 is 0. The molecule has 1 N–H and O–H groups in total. The number of amides is 1. The smallest absolute Gasteiger partial charge is 0.241 e. The lowest BCUT2D eigenvalue weighted by molar-refractivity contribution is -0.120. The van der Waals surface area contributed by atoms with Crippen LogP contribution in [-0.2, 0) is 14.8 Å². The minimum atomic E-state index is -3.98. The summed E-state index contributed by atoms with van der Waals surface area (Å²) in [5, 5.41) is 2.77. The number of benzene rings is 2. The molecule has 6 nitrogen and oxygen atoms in total. The first-order valence-electron chi connectivity index (χ1n) is 8.93. The molecule has 29 heavy (non-hydrogen) atoms. The Morgan fingerprint density at radius 1 is 1.21 bits per heavy atom. The second-order valence-electron chi connectivity index (χ2n) is 6.62. The molecule has 0 bridgehead atoms. The number of hydrogen-bond donors (Lipinski definition) is 1. The van der Waals surface area contributed by atoms with Crippen LogP contribution >= 0.6 is 0 Å². The minimum absolute atomic E-state index is 0.369. The molecule has 1 amide bonds. The molecular formula is C20H24F2N2O4S. The van der Waals surface area contributed by atoms with Crippen LogP contribution in [0.1, 0.15) is 30.5 Å². The maximum atomic E-state index is 14.1. The number of hydrogen-bond acceptors (Lipinski definition) is 4. The Bertz CT molecular complexity index is 996. The van der Waals surface area contributed by atoms with Gasteiger partial charge >= 0.3 is 0 Å².